The predicted octanol–water partition coefficient (Wildman–Crippen LogP) is 4.11. The first-order valence-corrected chi connectivity index (χ1v) is 11.5. The lowest BCUT2D eigenvalue weighted by molar-refractivity contribution is -0.119. The third kappa shape index (κ3) is 3.72. The van der Waals surface area contributed by atoms with E-state index in [0.717, 1.165) is 10.6 Å². The number of nitrogens with one attached hydrogen (secondary N) is 1. The lowest BCUT2D eigenvalue weighted by Gasteiger charge is -2.39. The smallest absolute Gasteiger partial charge is 0.254 e. The first-order valence-electron chi connectivity index (χ1n) is 10.6. The van der Waals surface area contributed by atoms with E-state index in [2.05, 4.69) is 15.5 Å². The number of nitrogens with zero attached hydrogens (tertiary/aromatic N) is 3. The van der Waals surface area contributed by atoms with E-state index >= 15 is 0 Å². The Hall–Kier alpha value is -3.46. The number of hydrogen-bond donors (Lipinski definition) is 1. The van der Waals surface area contributed by atoms with Crippen LogP contribution in [0.3, 0.4) is 0 Å². The summed E-state index contributed by atoms with van der Waals surface area (Å²) in [5.41, 5.74) is 1.82. The summed E-state index contributed by atoms with van der Waals surface area (Å²) in [4.78, 5) is 28.5. The SMILES string of the molecule is CN1C(=O)c2ccccc2[C@H](C(=O)Nc2nnc(C(C)(C)C)s2)[C@H]1c1ccc2c(c1)OCO2. The molecule has 2 amide bonds. The molecule has 2 aliphatic rings. The minimum atomic E-state index is -0.647. The standard InChI is InChI=1S/C24H24N4O4S/c1-24(2,3)22-26-27-23(33-22)25-20(29)18-14-7-5-6-8-15(14)21(30)28(4)19(18)13-9-10-16-17(11-13)32-12-31-16/h5-11,18-19H,12H2,1-4H3,(H,25,27,29)/t18-,19+/m0/s1. The van der Waals surface area contributed by atoms with Gasteiger partial charge in [-0.3, -0.25) is 14.9 Å². The number of ether oxygens (including phenoxy) is 2. The summed E-state index contributed by atoms with van der Waals surface area (Å²) in [6, 6.07) is 12.2. The number of carbonyl (C=O) groups is 2. The van der Waals surface area contributed by atoms with Crippen LogP contribution < -0.4 is 14.8 Å². The summed E-state index contributed by atoms with van der Waals surface area (Å²) >= 11 is 1.36. The number of anilines is 1. The third-order valence-corrected chi connectivity index (χ3v) is 7.16. The molecular weight excluding hydrogens is 440 g/mol. The van der Waals surface area contributed by atoms with Gasteiger partial charge in [-0.15, -0.1) is 10.2 Å². The Kier molecular flexibility index (Phi) is 5.08. The van der Waals surface area contributed by atoms with E-state index < -0.39 is 12.0 Å². The number of fused-ring (bicyclic) bond motifs is 2. The van der Waals surface area contributed by atoms with Gasteiger partial charge in [-0.1, -0.05) is 56.4 Å². The molecule has 0 saturated heterocycles. The van der Waals surface area contributed by atoms with Crippen molar-refractivity contribution in [3.63, 3.8) is 0 Å². The molecule has 1 N–H and O–H groups in total. The molecule has 0 spiro atoms. The van der Waals surface area contributed by atoms with Gasteiger partial charge in [-0.05, 0) is 29.3 Å². The molecule has 1 aromatic heterocycles. The molecule has 0 bridgehead atoms. The number of benzene rings is 2. The highest BCUT2D eigenvalue weighted by molar-refractivity contribution is 7.15. The monoisotopic (exact) mass is 464 g/mol. The second-order valence-corrected chi connectivity index (χ2v) is 10.2. The van der Waals surface area contributed by atoms with Crippen LogP contribution in [0, 0.1) is 0 Å². The van der Waals surface area contributed by atoms with E-state index in [1.165, 1.54) is 11.3 Å². The van der Waals surface area contributed by atoms with Crippen molar-refractivity contribution in [2.45, 2.75) is 38.1 Å². The van der Waals surface area contributed by atoms with Gasteiger partial charge < -0.3 is 14.4 Å². The van der Waals surface area contributed by atoms with Gasteiger partial charge >= 0.3 is 0 Å². The average molecular weight is 465 g/mol. The highest BCUT2D eigenvalue weighted by Crippen LogP contribution is 2.45. The normalized spacial score (nSPS) is 19.4. The molecule has 5 rings (SSSR count). The zero-order chi connectivity index (χ0) is 23.3. The summed E-state index contributed by atoms with van der Waals surface area (Å²) in [6.45, 7) is 6.30. The van der Waals surface area contributed by atoms with Crippen molar-refractivity contribution in [1.29, 1.82) is 0 Å². The fourth-order valence-electron chi connectivity index (χ4n) is 4.23. The van der Waals surface area contributed by atoms with Gasteiger partial charge in [0.15, 0.2) is 11.5 Å². The summed E-state index contributed by atoms with van der Waals surface area (Å²) < 4.78 is 11.0. The lowest BCUT2D eigenvalue weighted by Crippen LogP contribution is -2.44. The highest BCUT2D eigenvalue weighted by Gasteiger charge is 2.43. The maximum atomic E-state index is 13.7. The number of amides is 2. The van der Waals surface area contributed by atoms with Gasteiger partial charge in [-0.2, -0.15) is 0 Å². The average Bonchev–Trinajstić information content (AvgIpc) is 3.44. The van der Waals surface area contributed by atoms with Crippen molar-refractivity contribution in [1.82, 2.24) is 15.1 Å². The quantitative estimate of drug-likeness (QED) is 0.627. The summed E-state index contributed by atoms with van der Waals surface area (Å²) in [6.07, 6.45) is 0. The third-order valence-electron chi connectivity index (χ3n) is 5.90. The summed E-state index contributed by atoms with van der Waals surface area (Å²) in [5.74, 6) is 0.217. The minimum Gasteiger partial charge on any atom is -0.454 e. The van der Waals surface area contributed by atoms with Crippen molar-refractivity contribution >= 4 is 28.3 Å². The number of likely N-dealkylation sites (N-methyl/N-ethyl adjacent to an activating group) is 1. The Morgan fingerprint density at radius 1 is 1.12 bits per heavy atom. The van der Waals surface area contributed by atoms with Crippen molar-refractivity contribution in [3.8, 4) is 11.5 Å². The number of hydrogen-bond acceptors (Lipinski definition) is 7. The van der Waals surface area contributed by atoms with Gasteiger partial charge in [0.1, 0.15) is 5.01 Å². The first-order chi connectivity index (χ1) is 15.7. The molecule has 2 aromatic carbocycles. The highest BCUT2D eigenvalue weighted by atomic mass is 32.1. The van der Waals surface area contributed by atoms with Crippen LogP contribution in [0.5, 0.6) is 11.5 Å². The zero-order valence-corrected chi connectivity index (χ0v) is 19.6. The first kappa shape index (κ1) is 21.4. The molecule has 170 valence electrons. The fraction of sp³-hybridized carbons (Fsp3) is 0.333. The number of rotatable bonds is 3. The van der Waals surface area contributed by atoms with Crippen LogP contribution in [0.25, 0.3) is 0 Å². The van der Waals surface area contributed by atoms with Crippen molar-refractivity contribution < 1.29 is 19.1 Å². The Morgan fingerprint density at radius 2 is 1.88 bits per heavy atom. The van der Waals surface area contributed by atoms with Gasteiger partial charge in [0.25, 0.3) is 5.91 Å². The van der Waals surface area contributed by atoms with E-state index in [1.807, 2.05) is 51.1 Å². The van der Waals surface area contributed by atoms with Crippen molar-refractivity contribution in [3.05, 3.63) is 64.2 Å². The molecule has 0 unspecified atom stereocenters. The molecule has 3 aromatic rings. The van der Waals surface area contributed by atoms with Crippen LogP contribution >= 0.6 is 11.3 Å². The summed E-state index contributed by atoms with van der Waals surface area (Å²) in [7, 11) is 1.72. The largest absolute Gasteiger partial charge is 0.454 e. The Bertz CT molecular complexity index is 1250. The minimum absolute atomic E-state index is 0.136. The molecule has 3 heterocycles. The van der Waals surface area contributed by atoms with E-state index in [1.54, 1.807) is 24.1 Å². The molecule has 0 radical (unpaired) electrons. The van der Waals surface area contributed by atoms with Crippen LogP contribution in [-0.2, 0) is 10.2 Å². The van der Waals surface area contributed by atoms with Gasteiger partial charge in [0.05, 0.1) is 12.0 Å². The molecule has 2 atom stereocenters. The molecule has 2 aliphatic heterocycles. The van der Waals surface area contributed by atoms with E-state index in [-0.39, 0.29) is 24.0 Å². The molecule has 9 heteroatoms. The molecule has 8 nitrogen and oxygen atoms in total. The second kappa shape index (κ2) is 7.84. The van der Waals surface area contributed by atoms with Crippen LogP contribution in [0.2, 0.25) is 0 Å². The molecule has 33 heavy (non-hydrogen) atoms. The van der Waals surface area contributed by atoms with Gasteiger partial charge in [0.2, 0.25) is 17.8 Å². The van der Waals surface area contributed by atoms with Crippen LogP contribution in [0.1, 0.15) is 59.2 Å². The van der Waals surface area contributed by atoms with Crippen LogP contribution in [-0.4, -0.2) is 40.8 Å². The Labute approximate surface area is 195 Å². The fourth-order valence-corrected chi connectivity index (χ4v) is 5.03. The topological polar surface area (TPSA) is 93.7 Å². The molecular formula is C24H24N4O4S. The molecule has 0 saturated carbocycles. The van der Waals surface area contributed by atoms with Crippen LogP contribution in [0.15, 0.2) is 42.5 Å². The van der Waals surface area contributed by atoms with E-state index in [9.17, 15) is 9.59 Å². The Balaban J connectivity index is 1.56. The van der Waals surface area contributed by atoms with Crippen molar-refractivity contribution in [2.24, 2.45) is 0 Å². The van der Waals surface area contributed by atoms with E-state index in [0.29, 0.717) is 27.8 Å². The van der Waals surface area contributed by atoms with Gasteiger partial charge in [-0.25, -0.2) is 0 Å². The van der Waals surface area contributed by atoms with Crippen molar-refractivity contribution in [2.75, 3.05) is 19.2 Å². The van der Waals surface area contributed by atoms with Gasteiger partial charge in [0, 0.05) is 18.0 Å². The lowest BCUT2D eigenvalue weighted by atomic mass is 9.79. The summed E-state index contributed by atoms with van der Waals surface area (Å²) in [5, 5.41) is 12.6. The molecule has 0 fully saturated rings. The maximum absolute atomic E-state index is 13.7. The number of aromatic nitrogens is 2. The maximum Gasteiger partial charge on any atom is 0.254 e. The second-order valence-electron chi connectivity index (χ2n) is 9.19. The Morgan fingerprint density at radius 3 is 2.64 bits per heavy atom. The zero-order valence-electron chi connectivity index (χ0n) is 18.8. The predicted molar refractivity (Wildman–Crippen MR) is 124 cm³/mol. The number of carbonyl (C=O) groups excluding carboxylic acids is 2. The van der Waals surface area contributed by atoms with E-state index in [4.69, 9.17) is 9.47 Å². The van der Waals surface area contributed by atoms with Crippen LogP contribution in [0.4, 0.5) is 5.13 Å². The molecule has 0 aliphatic carbocycles.